The van der Waals surface area contributed by atoms with Crippen LogP contribution in [0.25, 0.3) is 22.2 Å². The molecular weight excluding hydrogens is 224 g/mol. The van der Waals surface area contributed by atoms with Crippen molar-refractivity contribution < 1.29 is 4.52 Å². The van der Waals surface area contributed by atoms with E-state index in [0.717, 1.165) is 28.6 Å². The van der Waals surface area contributed by atoms with Crippen LogP contribution in [0.3, 0.4) is 0 Å². The predicted octanol–water partition coefficient (Wildman–Crippen LogP) is 3.00. The monoisotopic (exact) mass is 238 g/mol. The number of hydrogen-bond acceptors (Lipinski definition) is 3. The third-order valence-electron chi connectivity index (χ3n) is 3.01. The molecule has 2 N–H and O–H groups in total. The molecule has 1 aromatic heterocycles. The van der Waals surface area contributed by atoms with Crippen LogP contribution in [-0.2, 0) is 6.42 Å². The summed E-state index contributed by atoms with van der Waals surface area (Å²) in [6.07, 6.45) is 0.870. The molecule has 3 heteroatoms. The van der Waals surface area contributed by atoms with Crippen molar-refractivity contribution in [2.75, 3.05) is 6.54 Å². The Morgan fingerprint density at radius 3 is 2.67 bits per heavy atom. The number of hydrogen-bond donors (Lipinski definition) is 1. The lowest BCUT2D eigenvalue weighted by Gasteiger charge is -1.99. The zero-order valence-corrected chi connectivity index (χ0v) is 9.97. The van der Waals surface area contributed by atoms with Crippen LogP contribution in [-0.4, -0.2) is 11.7 Å². The summed E-state index contributed by atoms with van der Waals surface area (Å²) in [5.41, 5.74) is 8.73. The third-order valence-corrected chi connectivity index (χ3v) is 3.01. The molecule has 90 valence electrons. The standard InChI is InChI=1S/C15H14N2O/c16-9-8-11-6-7-14-13(10-11)15(18-17-14)12-4-2-1-3-5-12/h1-7,10H,8-9,16H2. The maximum Gasteiger partial charge on any atom is 0.174 e. The SMILES string of the molecule is NCCc1ccc2noc(-c3ccccc3)c2c1. The van der Waals surface area contributed by atoms with Crippen molar-refractivity contribution >= 4 is 10.9 Å². The molecule has 0 atom stereocenters. The molecule has 0 unspecified atom stereocenters. The molecule has 0 amide bonds. The molecule has 0 spiro atoms. The second kappa shape index (κ2) is 4.63. The van der Waals surface area contributed by atoms with Crippen LogP contribution in [0.1, 0.15) is 5.56 Å². The number of nitrogens with two attached hydrogens (primary N) is 1. The summed E-state index contributed by atoms with van der Waals surface area (Å²) in [5.74, 6) is 0.824. The highest BCUT2D eigenvalue weighted by atomic mass is 16.5. The maximum absolute atomic E-state index is 5.59. The van der Waals surface area contributed by atoms with Crippen molar-refractivity contribution in [2.24, 2.45) is 5.73 Å². The summed E-state index contributed by atoms with van der Waals surface area (Å²) in [5, 5.41) is 5.14. The van der Waals surface area contributed by atoms with Gasteiger partial charge in [0.05, 0.1) is 0 Å². The van der Waals surface area contributed by atoms with Gasteiger partial charge in [-0.2, -0.15) is 0 Å². The Kier molecular flexibility index (Phi) is 2.82. The van der Waals surface area contributed by atoms with Crippen LogP contribution in [0.5, 0.6) is 0 Å². The summed E-state index contributed by atoms with van der Waals surface area (Å²) >= 11 is 0. The van der Waals surface area contributed by atoms with E-state index < -0.39 is 0 Å². The molecule has 3 nitrogen and oxygen atoms in total. The Morgan fingerprint density at radius 1 is 1.06 bits per heavy atom. The van der Waals surface area contributed by atoms with Gasteiger partial charge in [0.1, 0.15) is 5.52 Å². The van der Waals surface area contributed by atoms with Gasteiger partial charge in [-0.15, -0.1) is 0 Å². The van der Waals surface area contributed by atoms with Crippen LogP contribution in [0, 0.1) is 0 Å². The number of rotatable bonds is 3. The Hall–Kier alpha value is -2.13. The molecule has 0 fully saturated rings. The average molecular weight is 238 g/mol. The quantitative estimate of drug-likeness (QED) is 0.763. The van der Waals surface area contributed by atoms with E-state index in [1.54, 1.807) is 0 Å². The molecule has 0 aliphatic heterocycles. The third kappa shape index (κ3) is 1.89. The lowest BCUT2D eigenvalue weighted by atomic mass is 10.0. The molecular formula is C15H14N2O. The summed E-state index contributed by atoms with van der Waals surface area (Å²) < 4.78 is 5.45. The zero-order valence-electron chi connectivity index (χ0n) is 9.97. The topological polar surface area (TPSA) is 52.0 Å². The molecule has 0 radical (unpaired) electrons. The van der Waals surface area contributed by atoms with E-state index in [2.05, 4.69) is 11.2 Å². The predicted molar refractivity (Wildman–Crippen MR) is 72.2 cm³/mol. The van der Waals surface area contributed by atoms with Gasteiger partial charge < -0.3 is 10.3 Å². The van der Waals surface area contributed by atoms with E-state index in [4.69, 9.17) is 10.3 Å². The normalized spacial score (nSPS) is 10.9. The van der Waals surface area contributed by atoms with Gasteiger partial charge in [0.25, 0.3) is 0 Å². The van der Waals surface area contributed by atoms with Crippen molar-refractivity contribution in [1.82, 2.24) is 5.16 Å². The number of nitrogens with zero attached hydrogens (tertiary/aromatic N) is 1. The summed E-state index contributed by atoms with van der Waals surface area (Å²) in [6, 6.07) is 16.2. The Bertz CT molecular complexity index is 659. The van der Waals surface area contributed by atoms with E-state index in [1.807, 2.05) is 42.5 Å². The van der Waals surface area contributed by atoms with E-state index >= 15 is 0 Å². The first kappa shape index (κ1) is 11.0. The fourth-order valence-corrected chi connectivity index (χ4v) is 2.11. The fraction of sp³-hybridized carbons (Fsp3) is 0.133. The number of fused-ring (bicyclic) bond motifs is 1. The molecule has 3 aromatic rings. The first-order valence-electron chi connectivity index (χ1n) is 6.02. The van der Waals surface area contributed by atoms with Gasteiger partial charge in [0.2, 0.25) is 0 Å². The fourth-order valence-electron chi connectivity index (χ4n) is 2.11. The minimum atomic E-state index is 0.650. The van der Waals surface area contributed by atoms with Crippen molar-refractivity contribution in [3.8, 4) is 11.3 Å². The van der Waals surface area contributed by atoms with Crippen molar-refractivity contribution in [3.63, 3.8) is 0 Å². The zero-order chi connectivity index (χ0) is 12.4. The minimum absolute atomic E-state index is 0.650. The van der Waals surface area contributed by atoms with Crippen LogP contribution in [0.2, 0.25) is 0 Å². The van der Waals surface area contributed by atoms with Crippen LogP contribution < -0.4 is 5.73 Å². The molecule has 0 saturated carbocycles. The first-order chi connectivity index (χ1) is 8.88. The van der Waals surface area contributed by atoms with Gasteiger partial charge in [-0.05, 0) is 30.7 Å². The molecule has 0 bridgehead atoms. The molecule has 0 aliphatic carbocycles. The second-order valence-electron chi connectivity index (χ2n) is 4.27. The van der Waals surface area contributed by atoms with E-state index in [-0.39, 0.29) is 0 Å². The maximum atomic E-state index is 5.59. The van der Waals surface area contributed by atoms with Gasteiger partial charge >= 0.3 is 0 Å². The molecule has 2 aromatic carbocycles. The Balaban J connectivity index is 2.15. The molecule has 3 rings (SSSR count). The van der Waals surface area contributed by atoms with Crippen molar-refractivity contribution in [3.05, 3.63) is 54.1 Å². The highest BCUT2D eigenvalue weighted by molar-refractivity contribution is 5.91. The minimum Gasteiger partial charge on any atom is -0.355 e. The average Bonchev–Trinajstić information content (AvgIpc) is 2.83. The van der Waals surface area contributed by atoms with Gasteiger partial charge in [-0.3, -0.25) is 0 Å². The summed E-state index contributed by atoms with van der Waals surface area (Å²) in [7, 11) is 0. The number of aromatic nitrogens is 1. The van der Waals surface area contributed by atoms with Gasteiger partial charge in [-0.1, -0.05) is 41.6 Å². The molecule has 0 aliphatic rings. The van der Waals surface area contributed by atoms with E-state index in [1.165, 1.54) is 5.56 Å². The largest absolute Gasteiger partial charge is 0.355 e. The smallest absolute Gasteiger partial charge is 0.174 e. The second-order valence-corrected chi connectivity index (χ2v) is 4.27. The lowest BCUT2D eigenvalue weighted by Crippen LogP contribution is -2.02. The van der Waals surface area contributed by atoms with Gasteiger partial charge in [-0.25, -0.2) is 0 Å². The summed E-state index contributed by atoms with van der Waals surface area (Å²) in [4.78, 5) is 0. The Labute approximate surface area is 105 Å². The lowest BCUT2D eigenvalue weighted by molar-refractivity contribution is 0.441. The summed E-state index contributed by atoms with van der Waals surface area (Å²) in [6.45, 7) is 0.650. The Morgan fingerprint density at radius 2 is 1.89 bits per heavy atom. The molecule has 18 heavy (non-hydrogen) atoms. The van der Waals surface area contributed by atoms with Crippen LogP contribution >= 0.6 is 0 Å². The number of benzene rings is 2. The highest BCUT2D eigenvalue weighted by Gasteiger charge is 2.10. The molecule has 0 saturated heterocycles. The van der Waals surface area contributed by atoms with Gasteiger partial charge in [0.15, 0.2) is 5.76 Å². The van der Waals surface area contributed by atoms with Crippen molar-refractivity contribution in [1.29, 1.82) is 0 Å². The van der Waals surface area contributed by atoms with Gasteiger partial charge in [0, 0.05) is 10.9 Å². The first-order valence-corrected chi connectivity index (χ1v) is 6.02. The van der Waals surface area contributed by atoms with E-state index in [0.29, 0.717) is 6.54 Å². The van der Waals surface area contributed by atoms with E-state index in [9.17, 15) is 0 Å². The highest BCUT2D eigenvalue weighted by Crippen LogP contribution is 2.29. The van der Waals surface area contributed by atoms with Crippen LogP contribution in [0.15, 0.2) is 53.1 Å². The molecule has 1 heterocycles. The van der Waals surface area contributed by atoms with Crippen molar-refractivity contribution in [2.45, 2.75) is 6.42 Å². The van der Waals surface area contributed by atoms with Crippen LogP contribution in [0.4, 0.5) is 0 Å².